The number of anilines is 1. The van der Waals surface area contributed by atoms with E-state index < -0.39 is 5.60 Å². The summed E-state index contributed by atoms with van der Waals surface area (Å²) in [5.41, 5.74) is 2.10. The van der Waals surface area contributed by atoms with Gasteiger partial charge in [0.05, 0.1) is 17.5 Å². The highest BCUT2D eigenvalue weighted by molar-refractivity contribution is 5.93. The lowest BCUT2D eigenvalue weighted by molar-refractivity contribution is -0.132. The predicted molar refractivity (Wildman–Crippen MR) is 110 cm³/mol. The Kier molecular flexibility index (Phi) is 3.78. The number of carbonyl (C=O) groups is 1. The quantitative estimate of drug-likeness (QED) is 0.740. The highest BCUT2D eigenvalue weighted by Gasteiger charge is 2.35. The van der Waals surface area contributed by atoms with Gasteiger partial charge >= 0.3 is 0 Å². The summed E-state index contributed by atoms with van der Waals surface area (Å²) in [5, 5.41) is 3.88. The predicted octanol–water partition coefficient (Wildman–Crippen LogP) is 2.85. The fourth-order valence-electron chi connectivity index (χ4n) is 3.59. The Morgan fingerprint density at radius 3 is 2.76 bits per heavy atom. The van der Waals surface area contributed by atoms with Crippen molar-refractivity contribution in [2.45, 2.75) is 44.8 Å². The summed E-state index contributed by atoms with van der Waals surface area (Å²) >= 11 is 0. The van der Waals surface area contributed by atoms with E-state index in [1.807, 2.05) is 24.3 Å². The average molecular weight is 390 g/mol. The molecule has 0 unspecified atom stereocenters. The van der Waals surface area contributed by atoms with E-state index in [4.69, 9.17) is 9.72 Å². The molecule has 3 aromatic rings. The minimum Gasteiger partial charge on any atom is -0.480 e. The molecule has 148 valence electrons. The number of ether oxygens (including phenoxy) is 1. The zero-order chi connectivity index (χ0) is 20.3. The first-order chi connectivity index (χ1) is 13.8. The van der Waals surface area contributed by atoms with Gasteiger partial charge in [0.2, 0.25) is 0 Å². The Morgan fingerprint density at radius 2 is 2.00 bits per heavy atom. The Bertz CT molecular complexity index is 1220. The van der Waals surface area contributed by atoms with Crippen LogP contribution in [0, 0.1) is 0 Å². The van der Waals surface area contributed by atoms with Crippen LogP contribution in [0.15, 0.2) is 35.4 Å². The van der Waals surface area contributed by atoms with Crippen LogP contribution in [-0.2, 0) is 18.3 Å². The maximum Gasteiger partial charge on any atom is 0.264 e. The van der Waals surface area contributed by atoms with Gasteiger partial charge in [-0.2, -0.15) is 0 Å². The molecule has 3 heterocycles. The third-order valence-electron chi connectivity index (χ3n) is 5.56. The minimum atomic E-state index is -0.805. The second-order valence-corrected chi connectivity index (χ2v) is 8.36. The topological polar surface area (TPSA) is 86.1 Å². The highest BCUT2D eigenvalue weighted by Crippen LogP contribution is 2.35. The van der Waals surface area contributed by atoms with Gasteiger partial charge in [-0.05, 0) is 51.0 Å². The Balaban J connectivity index is 1.64. The van der Waals surface area contributed by atoms with E-state index in [1.54, 1.807) is 20.9 Å². The van der Waals surface area contributed by atoms with E-state index in [-0.39, 0.29) is 11.3 Å². The van der Waals surface area contributed by atoms with Crippen LogP contribution < -0.4 is 15.6 Å². The molecule has 1 aliphatic heterocycles. The molecule has 1 aliphatic carbocycles. The summed E-state index contributed by atoms with van der Waals surface area (Å²) in [7, 11) is 1.69. The number of pyridine rings is 1. The lowest BCUT2D eigenvalue weighted by Gasteiger charge is -2.31. The van der Waals surface area contributed by atoms with Gasteiger partial charge in [0.25, 0.3) is 5.56 Å². The number of benzene rings is 1. The largest absolute Gasteiger partial charge is 0.480 e. The van der Waals surface area contributed by atoms with Gasteiger partial charge in [-0.3, -0.25) is 9.59 Å². The number of rotatable bonds is 3. The van der Waals surface area contributed by atoms with E-state index >= 15 is 0 Å². The normalized spacial score (nSPS) is 17.7. The Labute approximate surface area is 167 Å². The van der Waals surface area contributed by atoms with Crippen molar-refractivity contribution in [3.05, 3.63) is 46.5 Å². The maximum absolute atomic E-state index is 12.7. The van der Waals surface area contributed by atoms with Gasteiger partial charge in [-0.15, -0.1) is 0 Å². The van der Waals surface area contributed by atoms with Crippen LogP contribution in [0.1, 0.15) is 32.3 Å². The van der Waals surface area contributed by atoms with Crippen molar-refractivity contribution >= 4 is 22.5 Å². The summed E-state index contributed by atoms with van der Waals surface area (Å²) in [5.74, 6) is 1.34. The first-order valence-corrected chi connectivity index (χ1v) is 9.80. The smallest absolute Gasteiger partial charge is 0.264 e. The molecule has 7 heteroatoms. The highest BCUT2D eigenvalue weighted by atomic mass is 16.5. The molecule has 0 atom stereocenters. The Morgan fingerprint density at radius 1 is 1.21 bits per heavy atom. The molecule has 5 rings (SSSR count). The van der Waals surface area contributed by atoms with E-state index in [1.165, 1.54) is 10.9 Å². The van der Waals surface area contributed by atoms with Crippen LogP contribution in [0.3, 0.4) is 0 Å². The van der Waals surface area contributed by atoms with Crippen LogP contribution in [0.4, 0.5) is 5.82 Å². The zero-order valence-corrected chi connectivity index (χ0v) is 16.7. The summed E-state index contributed by atoms with van der Waals surface area (Å²) in [6.07, 6.45) is 4.00. The van der Waals surface area contributed by atoms with E-state index in [0.717, 1.165) is 29.7 Å². The number of ketones is 1. The molecule has 0 amide bonds. The molecule has 0 radical (unpaired) electrons. The van der Waals surface area contributed by atoms with E-state index in [2.05, 4.69) is 10.3 Å². The summed E-state index contributed by atoms with van der Waals surface area (Å²) in [6, 6.07) is 7.93. The summed E-state index contributed by atoms with van der Waals surface area (Å²) in [4.78, 5) is 34.2. The van der Waals surface area contributed by atoms with Crippen LogP contribution in [0.5, 0.6) is 5.75 Å². The van der Waals surface area contributed by atoms with Gasteiger partial charge in [-0.1, -0.05) is 0 Å². The number of Topliss-reactive ketones (excluding diaryl/α,β-unsaturated/α-hetero) is 1. The molecule has 2 aromatic heterocycles. The molecule has 1 N–H and O–H groups in total. The molecule has 0 bridgehead atoms. The molecule has 0 spiro atoms. The standard InChI is InChI=1S/C22H22N4O3/c1-22(2)18(27)9-13-8-12(4-7-17(13)29-22)15-10-16-19(21(28)26(3)11-23-16)20(25-15)24-14-5-6-14/h4,7-8,10-11,14H,5-6,9H2,1-3H3,(H,24,25). The number of fused-ring (bicyclic) bond motifs is 2. The monoisotopic (exact) mass is 390 g/mol. The fourth-order valence-corrected chi connectivity index (χ4v) is 3.59. The first kappa shape index (κ1) is 17.8. The van der Waals surface area contributed by atoms with Crippen molar-refractivity contribution in [2.75, 3.05) is 5.32 Å². The third kappa shape index (κ3) is 3.06. The van der Waals surface area contributed by atoms with E-state index in [0.29, 0.717) is 34.9 Å². The van der Waals surface area contributed by atoms with Crippen molar-refractivity contribution in [3.63, 3.8) is 0 Å². The lowest BCUT2D eigenvalue weighted by Crippen LogP contribution is -2.42. The molecular weight excluding hydrogens is 368 g/mol. The molecule has 0 saturated heterocycles. The minimum absolute atomic E-state index is 0.0508. The van der Waals surface area contributed by atoms with E-state index in [9.17, 15) is 9.59 Å². The number of nitrogens with one attached hydrogen (secondary N) is 1. The Hall–Kier alpha value is -3.22. The molecular formula is C22H22N4O3. The van der Waals surface area contributed by atoms with Crippen molar-refractivity contribution < 1.29 is 9.53 Å². The van der Waals surface area contributed by atoms with Crippen molar-refractivity contribution in [1.82, 2.24) is 14.5 Å². The van der Waals surface area contributed by atoms with Gasteiger partial charge in [0, 0.05) is 30.6 Å². The summed E-state index contributed by atoms with van der Waals surface area (Å²) < 4.78 is 7.33. The van der Waals surface area contributed by atoms with Gasteiger partial charge in [0.15, 0.2) is 11.4 Å². The molecule has 1 fully saturated rings. The number of nitrogens with zero attached hydrogens (tertiary/aromatic N) is 3. The average Bonchev–Trinajstić information content (AvgIpc) is 3.49. The van der Waals surface area contributed by atoms with Crippen molar-refractivity contribution in [1.29, 1.82) is 0 Å². The lowest BCUT2D eigenvalue weighted by atomic mass is 9.91. The van der Waals surface area contributed by atoms with Crippen molar-refractivity contribution in [2.24, 2.45) is 7.05 Å². The third-order valence-corrected chi connectivity index (χ3v) is 5.56. The van der Waals surface area contributed by atoms with Crippen molar-refractivity contribution in [3.8, 4) is 17.0 Å². The molecule has 7 nitrogen and oxygen atoms in total. The number of carbonyl (C=O) groups excluding carboxylic acids is 1. The first-order valence-electron chi connectivity index (χ1n) is 9.80. The zero-order valence-electron chi connectivity index (χ0n) is 16.7. The summed E-state index contributed by atoms with van der Waals surface area (Å²) in [6.45, 7) is 3.58. The fraction of sp³-hybridized carbons (Fsp3) is 0.364. The number of aromatic nitrogens is 3. The molecule has 1 aromatic carbocycles. The number of hydrogen-bond acceptors (Lipinski definition) is 6. The number of aryl methyl sites for hydroxylation is 1. The van der Waals surface area contributed by atoms with Crippen LogP contribution >= 0.6 is 0 Å². The SMILES string of the molecule is Cn1cnc2cc(-c3ccc4c(c3)CC(=O)C(C)(C)O4)nc(NC3CC3)c2c1=O. The van der Waals surface area contributed by atoms with Gasteiger partial charge in [-0.25, -0.2) is 9.97 Å². The maximum atomic E-state index is 12.7. The van der Waals surface area contributed by atoms with Crippen LogP contribution in [-0.4, -0.2) is 32.0 Å². The van der Waals surface area contributed by atoms with Gasteiger partial charge < -0.3 is 14.6 Å². The molecule has 2 aliphatic rings. The van der Waals surface area contributed by atoms with Crippen LogP contribution in [0.2, 0.25) is 0 Å². The number of hydrogen-bond donors (Lipinski definition) is 1. The molecule has 1 saturated carbocycles. The second kappa shape index (κ2) is 6.14. The second-order valence-electron chi connectivity index (χ2n) is 8.36. The molecule has 29 heavy (non-hydrogen) atoms. The van der Waals surface area contributed by atoms with Crippen LogP contribution in [0.25, 0.3) is 22.2 Å². The van der Waals surface area contributed by atoms with Gasteiger partial charge in [0.1, 0.15) is 17.0 Å².